The van der Waals surface area contributed by atoms with Crippen LogP contribution in [0.3, 0.4) is 0 Å². The predicted octanol–water partition coefficient (Wildman–Crippen LogP) is 2.51. The van der Waals surface area contributed by atoms with E-state index in [0.717, 1.165) is 11.1 Å². The second kappa shape index (κ2) is 13.7. The number of nitrogens with zero attached hydrogens (tertiary/aromatic N) is 2. The maximum Gasteiger partial charge on any atom is 0.240 e. The van der Waals surface area contributed by atoms with Crippen LogP contribution in [-0.2, 0) is 16.0 Å². The van der Waals surface area contributed by atoms with Gasteiger partial charge in [-0.3, -0.25) is 14.6 Å². The summed E-state index contributed by atoms with van der Waals surface area (Å²) < 4.78 is 5.17. The number of hydrogen-bond acceptors (Lipinski definition) is 5. The number of amides is 2. The van der Waals surface area contributed by atoms with Crippen LogP contribution in [0.2, 0.25) is 0 Å². The van der Waals surface area contributed by atoms with E-state index in [1.54, 1.807) is 12.1 Å². The average Bonchev–Trinajstić information content (AvgIpc) is 2.91. The van der Waals surface area contributed by atoms with E-state index in [4.69, 9.17) is 21.9 Å². The average molecular weight is 518 g/mol. The Morgan fingerprint density at radius 2 is 1.55 bits per heavy atom. The van der Waals surface area contributed by atoms with Crippen molar-refractivity contribution in [3.05, 3.63) is 95.6 Å². The number of rotatable bonds is 13. The summed E-state index contributed by atoms with van der Waals surface area (Å²) in [5, 5.41) is 10.5. The van der Waals surface area contributed by atoms with Crippen LogP contribution in [0.5, 0.6) is 11.5 Å². The molecule has 0 saturated carbocycles. The van der Waals surface area contributed by atoms with E-state index in [9.17, 15) is 14.7 Å². The van der Waals surface area contributed by atoms with E-state index in [2.05, 4.69) is 4.99 Å². The molecule has 9 heteroatoms. The number of phenols is 1. The number of phenolic OH excluding ortho intramolecular Hbond substituents is 1. The SMILES string of the molecule is COc1ccc(CCN(C(=O)C(c2ccccc2)c2ccccc2)[C@H](CCCN=C(N)N)C(N)=O)c(O)c1. The number of aliphatic imine (C=N–C) groups is 1. The largest absolute Gasteiger partial charge is 0.508 e. The Morgan fingerprint density at radius 3 is 2.05 bits per heavy atom. The molecule has 0 fully saturated rings. The van der Waals surface area contributed by atoms with Crippen molar-refractivity contribution in [2.45, 2.75) is 31.2 Å². The molecule has 200 valence electrons. The molecular formula is C29H35N5O4. The number of aromatic hydroxyl groups is 1. The van der Waals surface area contributed by atoms with Gasteiger partial charge in [0.15, 0.2) is 5.96 Å². The van der Waals surface area contributed by atoms with E-state index >= 15 is 0 Å². The molecule has 0 unspecified atom stereocenters. The molecule has 7 N–H and O–H groups in total. The van der Waals surface area contributed by atoms with Gasteiger partial charge >= 0.3 is 0 Å². The van der Waals surface area contributed by atoms with Crippen LogP contribution in [-0.4, -0.2) is 54.0 Å². The molecule has 3 aromatic carbocycles. The zero-order valence-electron chi connectivity index (χ0n) is 21.5. The minimum atomic E-state index is -0.896. The lowest BCUT2D eigenvalue weighted by atomic mass is 9.89. The first-order valence-electron chi connectivity index (χ1n) is 12.4. The Bertz CT molecular complexity index is 1190. The van der Waals surface area contributed by atoms with Gasteiger partial charge in [-0.05, 0) is 42.0 Å². The van der Waals surface area contributed by atoms with Crippen LogP contribution in [0, 0.1) is 0 Å². The molecule has 3 rings (SSSR count). The van der Waals surface area contributed by atoms with Gasteiger partial charge in [0.05, 0.1) is 13.0 Å². The summed E-state index contributed by atoms with van der Waals surface area (Å²) >= 11 is 0. The maximum atomic E-state index is 14.3. The summed E-state index contributed by atoms with van der Waals surface area (Å²) in [6.45, 7) is 0.457. The lowest BCUT2D eigenvalue weighted by Gasteiger charge is -2.33. The second-order valence-corrected chi connectivity index (χ2v) is 8.90. The van der Waals surface area contributed by atoms with Crippen molar-refractivity contribution in [1.29, 1.82) is 0 Å². The predicted molar refractivity (Wildman–Crippen MR) is 148 cm³/mol. The van der Waals surface area contributed by atoms with Crippen molar-refractivity contribution >= 4 is 17.8 Å². The van der Waals surface area contributed by atoms with Crippen LogP contribution < -0.4 is 21.9 Å². The highest BCUT2D eigenvalue weighted by Gasteiger charge is 2.34. The summed E-state index contributed by atoms with van der Waals surface area (Å²) in [7, 11) is 1.52. The first-order chi connectivity index (χ1) is 18.3. The normalized spacial score (nSPS) is 11.5. The highest BCUT2D eigenvalue weighted by Crippen LogP contribution is 2.30. The molecule has 0 bridgehead atoms. The lowest BCUT2D eigenvalue weighted by molar-refractivity contribution is -0.140. The lowest BCUT2D eigenvalue weighted by Crippen LogP contribution is -2.50. The molecule has 0 radical (unpaired) electrons. The van der Waals surface area contributed by atoms with Crippen LogP contribution in [0.25, 0.3) is 0 Å². The molecule has 0 saturated heterocycles. The summed E-state index contributed by atoms with van der Waals surface area (Å²) in [5.74, 6) is -1.02. The highest BCUT2D eigenvalue weighted by atomic mass is 16.5. The number of benzene rings is 3. The Balaban J connectivity index is 1.98. The molecule has 0 aromatic heterocycles. The van der Waals surface area contributed by atoms with E-state index in [-0.39, 0.29) is 30.6 Å². The zero-order valence-corrected chi connectivity index (χ0v) is 21.5. The molecular weight excluding hydrogens is 482 g/mol. The molecule has 9 nitrogen and oxygen atoms in total. The number of guanidine groups is 1. The second-order valence-electron chi connectivity index (χ2n) is 8.90. The topological polar surface area (TPSA) is 157 Å². The number of nitrogens with two attached hydrogens (primary N) is 3. The van der Waals surface area contributed by atoms with Crippen LogP contribution in [0.4, 0.5) is 0 Å². The minimum Gasteiger partial charge on any atom is -0.508 e. The number of carbonyl (C=O) groups is 2. The van der Waals surface area contributed by atoms with E-state index < -0.39 is 17.9 Å². The first-order valence-corrected chi connectivity index (χ1v) is 12.4. The third-order valence-corrected chi connectivity index (χ3v) is 6.35. The molecule has 2 amide bonds. The highest BCUT2D eigenvalue weighted by molar-refractivity contribution is 5.92. The van der Waals surface area contributed by atoms with Crippen molar-refractivity contribution in [3.63, 3.8) is 0 Å². The summed E-state index contributed by atoms with van der Waals surface area (Å²) in [6, 6.07) is 22.9. The Kier molecular flexibility index (Phi) is 10.1. The molecule has 0 aliphatic rings. The Hall–Kier alpha value is -4.53. The summed E-state index contributed by atoms with van der Waals surface area (Å²) in [6.07, 6.45) is 1.03. The number of hydrogen-bond donors (Lipinski definition) is 4. The van der Waals surface area contributed by atoms with Gasteiger partial charge in [0, 0.05) is 19.2 Å². The van der Waals surface area contributed by atoms with Gasteiger partial charge in [-0.1, -0.05) is 66.7 Å². The Labute approximate surface area is 222 Å². The molecule has 3 aromatic rings. The molecule has 0 aliphatic carbocycles. The molecule has 0 spiro atoms. The van der Waals surface area contributed by atoms with Crippen molar-refractivity contribution in [1.82, 2.24) is 4.90 Å². The van der Waals surface area contributed by atoms with Gasteiger partial charge < -0.3 is 31.9 Å². The Morgan fingerprint density at radius 1 is 0.947 bits per heavy atom. The number of methoxy groups -OCH3 is 1. The zero-order chi connectivity index (χ0) is 27.5. The van der Waals surface area contributed by atoms with E-state index in [1.165, 1.54) is 18.1 Å². The fourth-order valence-corrected chi connectivity index (χ4v) is 4.42. The third kappa shape index (κ3) is 7.49. The van der Waals surface area contributed by atoms with Gasteiger partial charge in [-0.25, -0.2) is 0 Å². The smallest absolute Gasteiger partial charge is 0.240 e. The van der Waals surface area contributed by atoms with Crippen molar-refractivity contribution in [3.8, 4) is 11.5 Å². The third-order valence-electron chi connectivity index (χ3n) is 6.35. The quantitative estimate of drug-likeness (QED) is 0.155. The van der Waals surface area contributed by atoms with Crippen molar-refractivity contribution in [2.75, 3.05) is 20.2 Å². The number of carbonyl (C=O) groups excluding carboxylic acids is 2. The van der Waals surface area contributed by atoms with Gasteiger partial charge in [0.1, 0.15) is 17.5 Å². The van der Waals surface area contributed by atoms with Crippen molar-refractivity contribution in [2.24, 2.45) is 22.2 Å². The van der Waals surface area contributed by atoms with Crippen LogP contribution in [0.1, 0.15) is 35.4 Å². The maximum absolute atomic E-state index is 14.3. The van der Waals surface area contributed by atoms with Crippen LogP contribution in [0.15, 0.2) is 83.9 Å². The first kappa shape index (κ1) is 28.0. The monoisotopic (exact) mass is 517 g/mol. The molecule has 0 heterocycles. The van der Waals surface area contributed by atoms with E-state index in [0.29, 0.717) is 30.7 Å². The van der Waals surface area contributed by atoms with Crippen LogP contribution >= 0.6 is 0 Å². The van der Waals surface area contributed by atoms with Gasteiger partial charge in [0.2, 0.25) is 11.8 Å². The summed E-state index contributed by atoms with van der Waals surface area (Å²) in [4.78, 5) is 32.5. The van der Waals surface area contributed by atoms with Gasteiger partial charge in [0.25, 0.3) is 0 Å². The van der Waals surface area contributed by atoms with Gasteiger partial charge in [-0.15, -0.1) is 0 Å². The summed E-state index contributed by atoms with van der Waals surface area (Å²) in [5.41, 5.74) is 18.9. The molecule has 38 heavy (non-hydrogen) atoms. The standard InChI is InChI=1S/C29H35N5O4/c1-38-23-15-14-20(25(35)19-23)16-18-34(24(27(30)36)13-8-17-33-29(31)32)28(37)26(21-9-4-2-5-10-21)22-11-6-3-7-12-22/h2-7,9-12,14-15,19,24,26,35H,8,13,16-18H2,1H3,(H2,30,36)(H4,31,32,33)/t24-/m1/s1. The fourth-order valence-electron chi connectivity index (χ4n) is 4.42. The van der Waals surface area contributed by atoms with Crippen molar-refractivity contribution < 1.29 is 19.4 Å². The fraction of sp³-hybridized carbons (Fsp3) is 0.276. The molecule has 1 atom stereocenters. The number of primary amides is 1. The number of ether oxygens (including phenoxy) is 1. The van der Waals surface area contributed by atoms with E-state index in [1.807, 2.05) is 60.7 Å². The molecule has 0 aliphatic heterocycles. The van der Waals surface area contributed by atoms with Gasteiger partial charge in [-0.2, -0.15) is 0 Å². The minimum absolute atomic E-state index is 0.0443.